The molecule has 1 heterocycles. The third-order valence-electron chi connectivity index (χ3n) is 3.85. The molecule has 0 amide bonds. The van der Waals surface area contributed by atoms with E-state index in [1.807, 2.05) is 6.07 Å². The van der Waals surface area contributed by atoms with Crippen LogP contribution in [0.25, 0.3) is 0 Å². The highest BCUT2D eigenvalue weighted by atomic mass is 16.3. The smallest absolute Gasteiger partial charge is 0.117 e. The summed E-state index contributed by atoms with van der Waals surface area (Å²) >= 11 is 0. The van der Waals surface area contributed by atoms with Crippen molar-refractivity contribution in [2.45, 2.75) is 51.6 Å². The average molecular weight is 250 g/mol. The van der Waals surface area contributed by atoms with Gasteiger partial charge in [0.2, 0.25) is 0 Å². The second-order valence-corrected chi connectivity index (χ2v) is 5.24. The van der Waals surface area contributed by atoms with Crippen molar-refractivity contribution < 1.29 is 4.42 Å². The van der Waals surface area contributed by atoms with Crippen LogP contribution in [0.3, 0.4) is 0 Å². The highest BCUT2D eigenvalue weighted by Crippen LogP contribution is 2.17. The first kappa shape index (κ1) is 13.6. The topological polar surface area (TPSA) is 28.4 Å². The van der Waals surface area contributed by atoms with Crippen molar-refractivity contribution in [2.24, 2.45) is 0 Å². The second-order valence-electron chi connectivity index (χ2n) is 5.24. The zero-order valence-corrected chi connectivity index (χ0v) is 11.5. The zero-order chi connectivity index (χ0) is 12.6. The van der Waals surface area contributed by atoms with E-state index in [2.05, 4.69) is 23.2 Å². The van der Waals surface area contributed by atoms with Crippen molar-refractivity contribution in [1.29, 1.82) is 0 Å². The van der Waals surface area contributed by atoms with E-state index in [4.69, 9.17) is 4.42 Å². The molecule has 0 saturated heterocycles. The molecule has 1 aliphatic rings. The summed E-state index contributed by atoms with van der Waals surface area (Å²) in [5, 5.41) is 3.67. The fourth-order valence-corrected chi connectivity index (χ4v) is 2.71. The van der Waals surface area contributed by atoms with Crippen LogP contribution < -0.4 is 5.32 Å². The predicted octanol–water partition coefficient (Wildman–Crippen LogP) is 3.02. The van der Waals surface area contributed by atoms with Crippen LogP contribution in [-0.2, 0) is 6.54 Å². The van der Waals surface area contributed by atoms with E-state index >= 15 is 0 Å². The van der Waals surface area contributed by atoms with E-state index in [0.29, 0.717) is 0 Å². The lowest BCUT2D eigenvalue weighted by Crippen LogP contribution is -2.31. The Kier molecular flexibility index (Phi) is 5.75. The Balaban J connectivity index is 1.58. The van der Waals surface area contributed by atoms with Gasteiger partial charge in [0, 0.05) is 6.04 Å². The summed E-state index contributed by atoms with van der Waals surface area (Å²) in [6.07, 6.45) is 8.57. The molecular formula is C15H26N2O. The average Bonchev–Trinajstić information content (AvgIpc) is 3.06. The minimum Gasteiger partial charge on any atom is -0.468 e. The molecule has 1 N–H and O–H groups in total. The predicted molar refractivity (Wildman–Crippen MR) is 74.5 cm³/mol. The van der Waals surface area contributed by atoms with E-state index in [-0.39, 0.29) is 0 Å². The third-order valence-corrected chi connectivity index (χ3v) is 3.85. The summed E-state index contributed by atoms with van der Waals surface area (Å²) in [4.78, 5) is 2.44. The van der Waals surface area contributed by atoms with Crippen LogP contribution in [0.5, 0.6) is 0 Å². The van der Waals surface area contributed by atoms with Crippen LogP contribution in [0.2, 0.25) is 0 Å². The molecule has 3 nitrogen and oxygen atoms in total. The van der Waals surface area contributed by atoms with E-state index in [1.54, 1.807) is 6.26 Å². The Labute approximate surface area is 111 Å². The summed E-state index contributed by atoms with van der Waals surface area (Å²) in [7, 11) is 0. The monoisotopic (exact) mass is 250 g/mol. The van der Waals surface area contributed by atoms with Gasteiger partial charge in [-0.15, -0.1) is 0 Å². The third kappa shape index (κ3) is 4.46. The van der Waals surface area contributed by atoms with Crippen molar-refractivity contribution >= 4 is 0 Å². The van der Waals surface area contributed by atoms with Crippen molar-refractivity contribution in [2.75, 3.05) is 19.6 Å². The van der Waals surface area contributed by atoms with Crippen molar-refractivity contribution in [3.63, 3.8) is 0 Å². The van der Waals surface area contributed by atoms with Gasteiger partial charge in [-0.3, -0.25) is 4.90 Å². The van der Waals surface area contributed by atoms with Crippen LogP contribution in [0.1, 0.15) is 44.8 Å². The number of nitrogens with zero attached hydrogens (tertiary/aromatic N) is 1. The summed E-state index contributed by atoms with van der Waals surface area (Å²) in [5.74, 6) is 1.07. The van der Waals surface area contributed by atoms with Crippen LogP contribution in [0, 0.1) is 0 Å². The lowest BCUT2D eigenvalue weighted by Gasteiger charge is -2.20. The van der Waals surface area contributed by atoms with Gasteiger partial charge < -0.3 is 9.73 Å². The van der Waals surface area contributed by atoms with Gasteiger partial charge in [-0.1, -0.05) is 19.8 Å². The Morgan fingerprint density at radius 1 is 1.39 bits per heavy atom. The molecule has 3 heteroatoms. The fraction of sp³-hybridized carbons (Fsp3) is 0.733. The quantitative estimate of drug-likeness (QED) is 0.719. The molecule has 2 rings (SSSR count). The second kappa shape index (κ2) is 7.59. The van der Waals surface area contributed by atoms with E-state index in [0.717, 1.165) is 38.0 Å². The first-order valence-electron chi connectivity index (χ1n) is 7.36. The summed E-state index contributed by atoms with van der Waals surface area (Å²) in [5.41, 5.74) is 0. The highest BCUT2D eigenvalue weighted by Gasteiger charge is 2.13. The molecule has 0 spiro atoms. The molecule has 1 saturated carbocycles. The largest absolute Gasteiger partial charge is 0.468 e. The van der Waals surface area contributed by atoms with E-state index < -0.39 is 0 Å². The number of hydrogen-bond donors (Lipinski definition) is 1. The molecule has 0 bridgehead atoms. The van der Waals surface area contributed by atoms with Gasteiger partial charge in [-0.2, -0.15) is 0 Å². The Morgan fingerprint density at radius 2 is 2.22 bits per heavy atom. The van der Waals surface area contributed by atoms with Gasteiger partial charge in [0.1, 0.15) is 5.76 Å². The maximum Gasteiger partial charge on any atom is 0.117 e. The molecule has 1 aromatic rings. The summed E-state index contributed by atoms with van der Waals surface area (Å²) in [6.45, 7) is 6.54. The standard InChI is InChI=1S/C15H26N2O/c1-2-17(13-15-9-5-12-18-15)11-6-10-16-14-7-3-4-8-14/h5,9,12,14,16H,2-4,6-8,10-11,13H2,1H3. The van der Waals surface area contributed by atoms with Crippen LogP contribution in [0.15, 0.2) is 22.8 Å². The van der Waals surface area contributed by atoms with Gasteiger partial charge in [-0.05, 0) is 51.0 Å². The maximum atomic E-state index is 5.40. The minimum atomic E-state index is 0.796. The molecule has 102 valence electrons. The molecule has 1 aromatic heterocycles. The summed E-state index contributed by atoms with van der Waals surface area (Å²) < 4.78 is 5.40. The maximum absolute atomic E-state index is 5.40. The first-order chi connectivity index (χ1) is 8.88. The number of furan rings is 1. The normalized spacial score (nSPS) is 16.8. The molecule has 18 heavy (non-hydrogen) atoms. The van der Waals surface area contributed by atoms with Gasteiger partial charge in [0.05, 0.1) is 12.8 Å². The van der Waals surface area contributed by atoms with Gasteiger partial charge in [0.25, 0.3) is 0 Å². The van der Waals surface area contributed by atoms with Crippen molar-refractivity contribution in [3.05, 3.63) is 24.2 Å². The molecule has 0 radical (unpaired) electrons. The molecule has 1 fully saturated rings. The minimum absolute atomic E-state index is 0.796. The molecule has 0 aromatic carbocycles. The van der Waals surface area contributed by atoms with Gasteiger partial charge >= 0.3 is 0 Å². The van der Waals surface area contributed by atoms with Crippen molar-refractivity contribution in [1.82, 2.24) is 10.2 Å². The molecule has 0 atom stereocenters. The van der Waals surface area contributed by atoms with Crippen LogP contribution in [0.4, 0.5) is 0 Å². The van der Waals surface area contributed by atoms with Gasteiger partial charge in [0.15, 0.2) is 0 Å². The Hall–Kier alpha value is -0.800. The van der Waals surface area contributed by atoms with Gasteiger partial charge in [-0.25, -0.2) is 0 Å². The first-order valence-corrected chi connectivity index (χ1v) is 7.36. The fourth-order valence-electron chi connectivity index (χ4n) is 2.71. The highest BCUT2D eigenvalue weighted by molar-refractivity contribution is 4.97. The van der Waals surface area contributed by atoms with Crippen molar-refractivity contribution in [3.8, 4) is 0 Å². The number of nitrogens with one attached hydrogen (secondary N) is 1. The van der Waals surface area contributed by atoms with E-state index in [1.165, 1.54) is 32.1 Å². The Morgan fingerprint density at radius 3 is 2.89 bits per heavy atom. The van der Waals surface area contributed by atoms with E-state index in [9.17, 15) is 0 Å². The van der Waals surface area contributed by atoms with Crippen LogP contribution >= 0.6 is 0 Å². The zero-order valence-electron chi connectivity index (χ0n) is 11.5. The number of hydrogen-bond acceptors (Lipinski definition) is 3. The molecule has 0 aliphatic heterocycles. The van der Waals surface area contributed by atoms with Crippen LogP contribution in [-0.4, -0.2) is 30.6 Å². The number of rotatable bonds is 8. The lowest BCUT2D eigenvalue weighted by atomic mass is 10.2. The summed E-state index contributed by atoms with van der Waals surface area (Å²) in [6, 6.07) is 4.81. The molecule has 1 aliphatic carbocycles. The molecular weight excluding hydrogens is 224 g/mol. The lowest BCUT2D eigenvalue weighted by molar-refractivity contribution is 0.250. The Bertz CT molecular complexity index is 304. The molecule has 0 unspecified atom stereocenters. The SMILES string of the molecule is CCN(CCCNC1CCCC1)Cc1ccco1.